The van der Waals surface area contributed by atoms with Crippen molar-refractivity contribution >= 4 is 38.3 Å². The maximum Gasteiger partial charge on any atom is 0.208 e. The van der Waals surface area contributed by atoms with Crippen LogP contribution < -0.4 is 4.72 Å². The molecular weight excluding hydrogens is 456 g/mol. The standard InChI is InChI=1S/C26H31ClN2O3S/c1-19-23(25(30)26(15-7-4-8-16-26)20-11-5-3-6-12-20)21-13-9-14-22(27)24(21)29(19)18-10-17-28-33(2,31)32/h3,5-6,9,11-14,28H,4,7-8,10,15-18H2,1-2H3. The molecule has 1 aliphatic carbocycles. The molecular formula is C26H31ClN2O3S. The van der Waals surface area contributed by atoms with Crippen molar-refractivity contribution in [3.8, 4) is 0 Å². The fourth-order valence-electron chi connectivity index (χ4n) is 5.35. The highest BCUT2D eigenvalue weighted by Crippen LogP contribution is 2.44. The van der Waals surface area contributed by atoms with Gasteiger partial charge in [0.05, 0.1) is 22.2 Å². The molecule has 2 aromatic carbocycles. The van der Waals surface area contributed by atoms with E-state index in [0.29, 0.717) is 24.5 Å². The van der Waals surface area contributed by atoms with E-state index in [1.165, 1.54) is 0 Å². The molecule has 0 spiro atoms. The molecule has 1 saturated carbocycles. The summed E-state index contributed by atoms with van der Waals surface area (Å²) in [7, 11) is -3.24. The molecule has 1 fully saturated rings. The largest absolute Gasteiger partial charge is 0.343 e. The summed E-state index contributed by atoms with van der Waals surface area (Å²) in [6.45, 7) is 2.88. The molecule has 0 atom stereocenters. The molecule has 33 heavy (non-hydrogen) atoms. The molecule has 0 amide bonds. The molecule has 3 aromatic rings. The van der Waals surface area contributed by atoms with Gasteiger partial charge in [-0.25, -0.2) is 13.1 Å². The average Bonchev–Trinajstić information content (AvgIpc) is 3.09. The third kappa shape index (κ3) is 4.75. The number of hydrogen-bond acceptors (Lipinski definition) is 3. The average molecular weight is 487 g/mol. The lowest BCUT2D eigenvalue weighted by Crippen LogP contribution is -2.38. The van der Waals surface area contributed by atoms with Gasteiger partial charge in [0.15, 0.2) is 5.78 Å². The van der Waals surface area contributed by atoms with E-state index in [9.17, 15) is 13.2 Å². The Labute approximate surface area is 201 Å². The molecule has 1 heterocycles. The highest BCUT2D eigenvalue weighted by atomic mass is 35.5. The van der Waals surface area contributed by atoms with Crippen LogP contribution in [0.4, 0.5) is 0 Å². The molecule has 0 bridgehead atoms. The number of carbonyl (C=O) groups is 1. The SMILES string of the molecule is Cc1c(C(=O)C2(c3ccccc3)CCCCC2)c2cccc(Cl)c2n1CCCNS(C)(=O)=O. The lowest BCUT2D eigenvalue weighted by Gasteiger charge is -2.36. The van der Waals surface area contributed by atoms with Crippen molar-refractivity contribution in [1.82, 2.24) is 9.29 Å². The highest BCUT2D eigenvalue weighted by Gasteiger charge is 2.43. The number of hydrogen-bond donors (Lipinski definition) is 1. The Bertz CT molecular complexity index is 1260. The molecule has 4 rings (SSSR count). The summed E-state index contributed by atoms with van der Waals surface area (Å²) >= 11 is 6.63. The minimum Gasteiger partial charge on any atom is -0.343 e. The molecule has 0 unspecified atom stereocenters. The molecule has 5 nitrogen and oxygen atoms in total. The van der Waals surface area contributed by atoms with Gasteiger partial charge in [0.2, 0.25) is 10.0 Å². The van der Waals surface area contributed by atoms with E-state index in [1.54, 1.807) is 0 Å². The predicted octanol–water partition coefficient (Wildman–Crippen LogP) is 5.63. The van der Waals surface area contributed by atoms with Gasteiger partial charge < -0.3 is 4.57 Å². The van der Waals surface area contributed by atoms with Crippen molar-refractivity contribution in [1.29, 1.82) is 0 Å². The maximum atomic E-state index is 14.4. The van der Waals surface area contributed by atoms with Crippen LogP contribution in [0.2, 0.25) is 5.02 Å². The maximum absolute atomic E-state index is 14.4. The second-order valence-corrected chi connectivity index (χ2v) is 11.3. The van der Waals surface area contributed by atoms with Gasteiger partial charge in [-0.3, -0.25) is 4.79 Å². The first-order chi connectivity index (χ1) is 15.7. The van der Waals surface area contributed by atoms with E-state index < -0.39 is 15.4 Å². The van der Waals surface area contributed by atoms with E-state index >= 15 is 0 Å². The number of aryl methyl sites for hydroxylation is 1. The number of halogens is 1. The number of aromatic nitrogens is 1. The zero-order valence-electron chi connectivity index (χ0n) is 19.2. The quantitative estimate of drug-likeness (QED) is 0.331. The summed E-state index contributed by atoms with van der Waals surface area (Å²) < 4.78 is 27.5. The first-order valence-corrected chi connectivity index (χ1v) is 13.8. The Morgan fingerprint density at radius 2 is 1.76 bits per heavy atom. The van der Waals surface area contributed by atoms with Crippen molar-refractivity contribution in [2.75, 3.05) is 12.8 Å². The molecule has 7 heteroatoms. The Hall–Kier alpha value is -2.15. The van der Waals surface area contributed by atoms with Gasteiger partial charge in [0.25, 0.3) is 0 Å². The minimum absolute atomic E-state index is 0.172. The minimum atomic E-state index is -3.24. The van der Waals surface area contributed by atoms with Gasteiger partial charge in [0, 0.05) is 29.7 Å². The fourth-order valence-corrected chi connectivity index (χ4v) is 6.14. The molecule has 0 saturated heterocycles. The van der Waals surface area contributed by atoms with Crippen LogP contribution in [0.1, 0.15) is 60.1 Å². The number of benzene rings is 2. The van der Waals surface area contributed by atoms with E-state index in [0.717, 1.165) is 66.1 Å². The number of rotatable bonds is 8. The number of fused-ring (bicyclic) bond motifs is 1. The summed E-state index contributed by atoms with van der Waals surface area (Å²) in [5.74, 6) is 0.172. The summed E-state index contributed by atoms with van der Waals surface area (Å²) in [6.07, 6.45) is 6.68. The Balaban J connectivity index is 1.79. The topological polar surface area (TPSA) is 68.2 Å². The summed E-state index contributed by atoms with van der Waals surface area (Å²) in [6, 6.07) is 15.9. The van der Waals surface area contributed by atoms with E-state index in [1.807, 2.05) is 43.3 Å². The van der Waals surface area contributed by atoms with E-state index in [4.69, 9.17) is 11.6 Å². The van der Waals surface area contributed by atoms with Gasteiger partial charge >= 0.3 is 0 Å². The van der Waals surface area contributed by atoms with Gasteiger partial charge in [-0.2, -0.15) is 0 Å². The van der Waals surface area contributed by atoms with Crippen LogP contribution in [0.25, 0.3) is 10.9 Å². The third-order valence-electron chi connectivity index (χ3n) is 6.91. The zero-order valence-corrected chi connectivity index (χ0v) is 20.8. The van der Waals surface area contributed by atoms with Gasteiger partial charge in [-0.1, -0.05) is 73.3 Å². The Morgan fingerprint density at radius 3 is 2.42 bits per heavy atom. The first-order valence-electron chi connectivity index (χ1n) is 11.6. The van der Waals surface area contributed by atoms with Gasteiger partial charge in [-0.15, -0.1) is 0 Å². The predicted molar refractivity (Wildman–Crippen MR) is 135 cm³/mol. The zero-order chi connectivity index (χ0) is 23.6. The number of Topliss-reactive ketones (excluding diaryl/α,β-unsaturated/α-hetero) is 1. The number of para-hydroxylation sites is 1. The van der Waals surface area contributed by atoms with Crippen LogP contribution in [0.3, 0.4) is 0 Å². The fraction of sp³-hybridized carbons (Fsp3) is 0.423. The van der Waals surface area contributed by atoms with Crippen LogP contribution in [-0.4, -0.2) is 31.6 Å². The Morgan fingerprint density at radius 1 is 1.06 bits per heavy atom. The van der Waals surface area contributed by atoms with Crippen LogP contribution in [0.5, 0.6) is 0 Å². The summed E-state index contributed by atoms with van der Waals surface area (Å²) in [5.41, 5.74) is 3.05. The van der Waals surface area contributed by atoms with Crippen LogP contribution in [0, 0.1) is 6.92 Å². The molecule has 1 N–H and O–H groups in total. The Kier molecular flexibility index (Phi) is 6.99. The second kappa shape index (κ2) is 9.61. The number of carbonyl (C=O) groups excluding carboxylic acids is 1. The molecule has 176 valence electrons. The van der Waals surface area contributed by atoms with Gasteiger partial charge in [-0.05, 0) is 37.8 Å². The first kappa shape index (κ1) is 24.0. The van der Waals surface area contributed by atoms with E-state index in [-0.39, 0.29) is 5.78 Å². The van der Waals surface area contributed by atoms with Crippen LogP contribution in [-0.2, 0) is 22.0 Å². The van der Waals surface area contributed by atoms with Gasteiger partial charge in [0.1, 0.15) is 0 Å². The lowest BCUT2D eigenvalue weighted by molar-refractivity contribution is 0.0840. The van der Waals surface area contributed by atoms with Crippen LogP contribution >= 0.6 is 11.6 Å². The monoisotopic (exact) mass is 486 g/mol. The van der Waals surface area contributed by atoms with Crippen molar-refractivity contribution < 1.29 is 13.2 Å². The number of nitrogens with one attached hydrogen (secondary N) is 1. The number of sulfonamides is 1. The van der Waals surface area contributed by atoms with Crippen molar-refractivity contribution in [3.05, 3.63) is 70.4 Å². The molecule has 1 aromatic heterocycles. The van der Waals surface area contributed by atoms with E-state index in [2.05, 4.69) is 21.4 Å². The normalized spacial score (nSPS) is 16.2. The van der Waals surface area contributed by atoms with Crippen molar-refractivity contribution in [2.24, 2.45) is 0 Å². The summed E-state index contributed by atoms with van der Waals surface area (Å²) in [4.78, 5) is 14.4. The summed E-state index contributed by atoms with van der Waals surface area (Å²) in [5, 5.41) is 1.48. The number of ketones is 1. The van der Waals surface area contributed by atoms with Crippen molar-refractivity contribution in [3.63, 3.8) is 0 Å². The molecule has 0 aliphatic heterocycles. The smallest absolute Gasteiger partial charge is 0.208 e. The van der Waals surface area contributed by atoms with Crippen LogP contribution in [0.15, 0.2) is 48.5 Å². The highest BCUT2D eigenvalue weighted by molar-refractivity contribution is 7.88. The lowest BCUT2D eigenvalue weighted by atomic mass is 9.65. The molecule has 0 radical (unpaired) electrons. The molecule has 1 aliphatic rings. The third-order valence-corrected chi connectivity index (χ3v) is 7.94. The van der Waals surface area contributed by atoms with Crippen molar-refractivity contribution in [2.45, 2.75) is 57.4 Å². The number of nitrogens with zero attached hydrogens (tertiary/aromatic N) is 1. The second-order valence-electron chi connectivity index (χ2n) is 9.11.